The van der Waals surface area contributed by atoms with E-state index >= 15 is 0 Å². The number of rotatable bonds is 7. The van der Waals surface area contributed by atoms with Gasteiger partial charge in [-0.2, -0.15) is 0 Å². The number of aryl methyl sites for hydroxylation is 1. The van der Waals surface area contributed by atoms with Crippen molar-refractivity contribution >= 4 is 29.0 Å². The quantitative estimate of drug-likeness (QED) is 0.591. The van der Waals surface area contributed by atoms with Crippen LogP contribution in [0.3, 0.4) is 0 Å². The van der Waals surface area contributed by atoms with Crippen molar-refractivity contribution in [2.45, 2.75) is 45.8 Å². The largest absolute Gasteiger partial charge is 0.491 e. The van der Waals surface area contributed by atoms with E-state index in [-0.39, 0.29) is 19.8 Å². The first-order chi connectivity index (χ1) is 14.2. The number of carbonyl (C=O) groups excluding carboxylic acids is 1. The van der Waals surface area contributed by atoms with Gasteiger partial charge in [-0.1, -0.05) is 31.5 Å². The fourth-order valence-electron chi connectivity index (χ4n) is 4.47. The number of amides is 1. The molecular weight excluding hydrogens is 426 g/mol. The molecule has 162 valence electrons. The Morgan fingerprint density at radius 1 is 1.43 bits per heavy atom. The second-order valence-corrected chi connectivity index (χ2v) is 10.2. The highest BCUT2D eigenvalue weighted by Crippen LogP contribution is 2.72. The van der Waals surface area contributed by atoms with Crippen molar-refractivity contribution in [3.63, 3.8) is 0 Å². The summed E-state index contributed by atoms with van der Waals surface area (Å²) < 4.78 is 11.0. The lowest BCUT2D eigenvalue weighted by atomic mass is 9.96. The molecule has 3 N–H and O–H groups in total. The number of hydrogen-bond donors (Lipinski definition) is 3. The lowest BCUT2D eigenvalue weighted by Gasteiger charge is -2.12. The van der Waals surface area contributed by atoms with Gasteiger partial charge in [0.1, 0.15) is 18.5 Å². The molecule has 1 saturated carbocycles. The van der Waals surface area contributed by atoms with Gasteiger partial charge in [0, 0.05) is 22.0 Å². The number of carbonyl (C=O) groups is 1. The van der Waals surface area contributed by atoms with Crippen LogP contribution < -0.4 is 14.8 Å². The topological polar surface area (TPSA) is 88.0 Å². The normalized spacial score (nSPS) is 21.5. The second kappa shape index (κ2) is 8.04. The fraction of sp³-hybridized carbons (Fsp3) is 0.500. The summed E-state index contributed by atoms with van der Waals surface area (Å²) in [7, 11) is 0. The summed E-state index contributed by atoms with van der Waals surface area (Å²) in [5.74, 6) is 1.74. The molecule has 4 rings (SSSR count). The molecule has 1 aromatic carbocycles. The third kappa shape index (κ3) is 3.91. The van der Waals surface area contributed by atoms with Crippen molar-refractivity contribution in [1.29, 1.82) is 0 Å². The minimum absolute atomic E-state index is 0.0276. The first-order valence-electron chi connectivity index (χ1n) is 10.00. The highest BCUT2D eigenvalue weighted by Gasteiger charge is 2.63. The van der Waals surface area contributed by atoms with Gasteiger partial charge < -0.3 is 25.0 Å². The Morgan fingerprint density at radius 3 is 2.90 bits per heavy atom. The van der Waals surface area contributed by atoms with Crippen LogP contribution in [0, 0.1) is 18.3 Å². The van der Waals surface area contributed by atoms with E-state index in [1.807, 2.05) is 0 Å². The van der Waals surface area contributed by atoms with E-state index in [0.717, 1.165) is 12.0 Å². The molecule has 30 heavy (non-hydrogen) atoms. The van der Waals surface area contributed by atoms with Gasteiger partial charge in [-0.3, -0.25) is 0 Å². The molecule has 0 radical (unpaired) electrons. The van der Waals surface area contributed by atoms with Crippen LogP contribution in [-0.2, 0) is 13.0 Å². The maximum absolute atomic E-state index is 12.4. The number of hydrogen-bond acceptors (Lipinski definition) is 6. The van der Waals surface area contributed by atoms with Crippen molar-refractivity contribution in [2.75, 3.05) is 13.2 Å². The van der Waals surface area contributed by atoms with E-state index in [0.29, 0.717) is 33.1 Å². The molecule has 8 heteroatoms. The first-order valence-corrected chi connectivity index (χ1v) is 11.2. The van der Waals surface area contributed by atoms with Crippen LogP contribution >= 0.6 is 22.9 Å². The number of halogens is 1. The van der Waals surface area contributed by atoms with Crippen LogP contribution in [0.5, 0.6) is 10.8 Å². The van der Waals surface area contributed by atoms with E-state index < -0.39 is 12.2 Å². The van der Waals surface area contributed by atoms with Crippen molar-refractivity contribution in [3.05, 3.63) is 44.8 Å². The summed E-state index contributed by atoms with van der Waals surface area (Å²) in [5.41, 5.74) is 3.68. The van der Waals surface area contributed by atoms with Gasteiger partial charge in [-0.15, -0.1) is 11.3 Å². The lowest BCUT2D eigenvalue weighted by molar-refractivity contribution is 0.0536. The zero-order valence-electron chi connectivity index (χ0n) is 17.2. The highest BCUT2D eigenvalue weighted by molar-refractivity contribution is 7.14. The Morgan fingerprint density at radius 2 is 2.20 bits per heavy atom. The molecule has 2 aromatic rings. The van der Waals surface area contributed by atoms with E-state index in [2.05, 4.69) is 26.1 Å². The molecule has 2 aliphatic rings. The number of nitrogens with one attached hydrogen (secondary N) is 1. The Bertz CT molecular complexity index is 973. The van der Waals surface area contributed by atoms with Crippen molar-refractivity contribution in [2.24, 2.45) is 11.3 Å². The van der Waals surface area contributed by atoms with Gasteiger partial charge >= 0.3 is 6.09 Å². The van der Waals surface area contributed by atoms with Gasteiger partial charge in [-0.25, -0.2) is 4.79 Å². The monoisotopic (exact) mass is 451 g/mol. The molecule has 0 saturated heterocycles. The van der Waals surface area contributed by atoms with Crippen LogP contribution in [-0.4, -0.2) is 35.6 Å². The summed E-state index contributed by atoms with van der Waals surface area (Å²) in [4.78, 5) is 13.6. The third-order valence-corrected chi connectivity index (χ3v) is 7.66. The number of ether oxygens (including phenoxy) is 2. The Kier molecular flexibility index (Phi) is 5.74. The average molecular weight is 452 g/mol. The zero-order valence-corrected chi connectivity index (χ0v) is 18.8. The van der Waals surface area contributed by atoms with Crippen molar-refractivity contribution in [1.82, 2.24) is 5.32 Å². The van der Waals surface area contributed by atoms with Crippen LogP contribution in [0.4, 0.5) is 4.79 Å². The Hall–Kier alpha value is -1.80. The first kappa shape index (κ1) is 21.4. The Labute approximate surface area is 184 Å². The Balaban J connectivity index is 1.33. The molecule has 0 unspecified atom stereocenters. The molecule has 2 aliphatic carbocycles. The zero-order chi connectivity index (χ0) is 21.6. The summed E-state index contributed by atoms with van der Waals surface area (Å²) in [6.07, 6.45) is -0.460. The van der Waals surface area contributed by atoms with Gasteiger partial charge in [-0.05, 0) is 53.9 Å². The predicted molar refractivity (Wildman–Crippen MR) is 116 cm³/mol. The van der Waals surface area contributed by atoms with Crippen molar-refractivity contribution in [3.8, 4) is 10.8 Å². The number of aliphatic hydroxyl groups excluding tert-OH is 2. The van der Waals surface area contributed by atoms with Gasteiger partial charge in [0.25, 0.3) is 0 Å². The van der Waals surface area contributed by atoms with Crippen LogP contribution in [0.2, 0.25) is 5.02 Å². The predicted octanol–water partition coefficient (Wildman–Crippen LogP) is 4.03. The molecule has 0 aliphatic heterocycles. The molecule has 3 atom stereocenters. The molecule has 1 fully saturated rings. The van der Waals surface area contributed by atoms with Gasteiger partial charge in [0.15, 0.2) is 5.06 Å². The summed E-state index contributed by atoms with van der Waals surface area (Å²) in [5, 5.41) is 22.1. The number of thiophene rings is 1. The fourth-order valence-corrected chi connectivity index (χ4v) is 5.78. The second-order valence-electron chi connectivity index (χ2n) is 8.59. The van der Waals surface area contributed by atoms with Crippen LogP contribution in [0.15, 0.2) is 18.2 Å². The molecule has 6 nitrogen and oxygen atoms in total. The van der Waals surface area contributed by atoms with Crippen LogP contribution in [0.1, 0.15) is 41.3 Å². The highest BCUT2D eigenvalue weighted by atomic mass is 35.5. The molecule has 0 spiro atoms. The molecular formula is C22H26ClNO5S. The third-order valence-electron chi connectivity index (χ3n) is 6.27. The minimum atomic E-state index is -0.945. The van der Waals surface area contributed by atoms with Crippen LogP contribution in [0.25, 0.3) is 0 Å². The lowest BCUT2D eigenvalue weighted by Crippen LogP contribution is -2.26. The number of benzene rings is 1. The van der Waals surface area contributed by atoms with E-state index in [1.54, 1.807) is 29.5 Å². The molecule has 1 heterocycles. The maximum atomic E-state index is 12.4. The van der Waals surface area contributed by atoms with E-state index in [4.69, 9.17) is 26.2 Å². The van der Waals surface area contributed by atoms with Gasteiger partial charge in [0.2, 0.25) is 0 Å². The van der Waals surface area contributed by atoms with E-state index in [9.17, 15) is 9.90 Å². The summed E-state index contributed by atoms with van der Waals surface area (Å²) in [6.45, 7) is 6.55. The number of fused-ring (bicyclic) bond motifs is 3. The minimum Gasteiger partial charge on any atom is -0.491 e. The summed E-state index contributed by atoms with van der Waals surface area (Å²) in [6, 6.07) is 5.05. The summed E-state index contributed by atoms with van der Waals surface area (Å²) >= 11 is 7.82. The van der Waals surface area contributed by atoms with Gasteiger partial charge in [0.05, 0.1) is 6.61 Å². The number of aliphatic hydroxyl groups is 2. The van der Waals surface area contributed by atoms with Crippen molar-refractivity contribution < 1.29 is 24.5 Å². The average Bonchev–Trinajstić information content (AvgIpc) is 3.02. The SMILES string of the molecule is Cc1sc(OC(=O)NCc2ccc(OC[C@H](O)CO)cc2Cl)c2c1[C@H]1[C@@H](C2)C1(C)C. The maximum Gasteiger partial charge on any atom is 0.413 e. The molecule has 1 amide bonds. The standard InChI is InChI=1S/C22H26ClNO5S/c1-11-18-15(7-16-19(18)22(16,2)3)20(30-11)29-21(27)24-8-12-4-5-14(6-17(12)23)28-10-13(26)9-25/h4-6,13,16,19,25-26H,7-10H2,1-3H3,(H,24,27)/t13-,16-,19-/m1/s1. The van der Waals surface area contributed by atoms with E-state index in [1.165, 1.54) is 16.0 Å². The molecule has 1 aromatic heterocycles. The molecule has 0 bridgehead atoms. The smallest absolute Gasteiger partial charge is 0.413 e.